The topological polar surface area (TPSA) is 114 Å². The van der Waals surface area contributed by atoms with E-state index in [-0.39, 0.29) is 5.69 Å². The molecule has 0 fully saturated rings. The van der Waals surface area contributed by atoms with E-state index < -0.39 is 15.9 Å². The van der Waals surface area contributed by atoms with Crippen LogP contribution in [0, 0.1) is 6.92 Å². The molecule has 0 aliphatic rings. The number of hydrogen-bond acceptors (Lipinski definition) is 6. The third kappa shape index (κ3) is 4.92. The van der Waals surface area contributed by atoms with Gasteiger partial charge >= 0.3 is 0 Å². The molecule has 2 N–H and O–H groups in total. The fourth-order valence-electron chi connectivity index (χ4n) is 1.72. The molecule has 0 saturated carbocycles. The van der Waals surface area contributed by atoms with Gasteiger partial charge in [0.25, 0.3) is 5.91 Å². The highest BCUT2D eigenvalue weighted by atomic mass is 32.2. The molecule has 0 saturated heterocycles. The summed E-state index contributed by atoms with van der Waals surface area (Å²) in [6, 6.07) is 8.11. The maximum atomic E-state index is 11.8. The summed E-state index contributed by atoms with van der Waals surface area (Å²) < 4.78 is 29.5. The minimum Gasteiger partial charge on any atom is -0.361 e. The zero-order chi connectivity index (χ0) is 17.0. The van der Waals surface area contributed by atoms with Crippen molar-refractivity contribution in [1.29, 1.82) is 0 Å². The number of sulfonamides is 1. The van der Waals surface area contributed by atoms with Crippen LogP contribution >= 0.6 is 0 Å². The van der Waals surface area contributed by atoms with E-state index in [2.05, 4.69) is 20.4 Å². The molecule has 23 heavy (non-hydrogen) atoms. The van der Waals surface area contributed by atoms with Gasteiger partial charge in [-0.15, -0.1) is 0 Å². The van der Waals surface area contributed by atoms with Gasteiger partial charge in [-0.3, -0.25) is 9.52 Å². The van der Waals surface area contributed by atoms with Crippen LogP contribution in [0.25, 0.3) is 0 Å². The predicted octanol–water partition coefficient (Wildman–Crippen LogP) is 1.51. The number of nitrogens with one attached hydrogen (secondary N) is 2. The zero-order valence-electron chi connectivity index (χ0n) is 12.8. The van der Waals surface area contributed by atoms with E-state index >= 15 is 0 Å². The summed E-state index contributed by atoms with van der Waals surface area (Å²) in [6.45, 7) is 3.40. The van der Waals surface area contributed by atoms with E-state index in [4.69, 9.17) is 4.52 Å². The summed E-state index contributed by atoms with van der Waals surface area (Å²) in [4.78, 5) is 11.8. The summed E-state index contributed by atoms with van der Waals surface area (Å²) in [5.74, 6) is 0.0568. The maximum Gasteiger partial charge on any atom is 0.293 e. The zero-order valence-corrected chi connectivity index (χ0v) is 13.6. The normalized spacial score (nSPS) is 12.0. The number of aryl methyl sites for hydroxylation is 1. The van der Waals surface area contributed by atoms with E-state index in [9.17, 15) is 13.2 Å². The molecule has 2 aromatic rings. The van der Waals surface area contributed by atoms with E-state index in [0.717, 1.165) is 11.8 Å². The average Bonchev–Trinajstić information content (AvgIpc) is 2.90. The van der Waals surface area contributed by atoms with E-state index in [1.807, 2.05) is 0 Å². The molecule has 0 spiro atoms. The van der Waals surface area contributed by atoms with Crippen LogP contribution in [-0.2, 0) is 10.0 Å². The molecule has 0 unspecified atom stereocenters. The first-order valence-corrected chi connectivity index (χ1v) is 8.50. The molecule has 9 heteroatoms. The van der Waals surface area contributed by atoms with Crippen molar-refractivity contribution in [3.8, 4) is 0 Å². The summed E-state index contributed by atoms with van der Waals surface area (Å²) in [7, 11) is -3.31. The third-order valence-corrected chi connectivity index (χ3v) is 3.40. The molecule has 0 bridgehead atoms. The maximum absolute atomic E-state index is 11.8. The van der Waals surface area contributed by atoms with E-state index in [1.165, 1.54) is 6.07 Å². The standard InChI is InChI=1S/C14H16N4O4S/c1-9-8-13(17-22-9)14(19)16-15-10(2)11-4-6-12(7-5-11)18-23(3,20)21/h4-8,18H,1-3H3,(H,16,19). The molecule has 8 nitrogen and oxygen atoms in total. The summed E-state index contributed by atoms with van der Waals surface area (Å²) in [5.41, 5.74) is 4.27. The first-order chi connectivity index (χ1) is 10.7. The van der Waals surface area contributed by atoms with Crippen molar-refractivity contribution in [3.05, 3.63) is 47.3 Å². The van der Waals surface area contributed by atoms with Crippen molar-refractivity contribution in [2.75, 3.05) is 11.0 Å². The Morgan fingerprint density at radius 1 is 1.26 bits per heavy atom. The lowest BCUT2D eigenvalue weighted by molar-refractivity contribution is 0.0945. The SMILES string of the molecule is CC(=NNC(=O)c1cc(C)on1)c1ccc(NS(C)(=O)=O)cc1. The molecule has 0 aliphatic carbocycles. The number of anilines is 1. The highest BCUT2D eigenvalue weighted by Gasteiger charge is 2.10. The van der Waals surface area contributed by atoms with Crippen molar-refractivity contribution < 1.29 is 17.7 Å². The quantitative estimate of drug-likeness (QED) is 0.634. The van der Waals surface area contributed by atoms with Crippen LogP contribution in [-0.4, -0.2) is 31.4 Å². The van der Waals surface area contributed by atoms with Crippen molar-refractivity contribution >= 4 is 27.3 Å². The van der Waals surface area contributed by atoms with Crippen LogP contribution in [0.2, 0.25) is 0 Å². The lowest BCUT2D eigenvalue weighted by Crippen LogP contribution is -2.19. The lowest BCUT2D eigenvalue weighted by Gasteiger charge is -2.05. The minimum absolute atomic E-state index is 0.145. The van der Waals surface area contributed by atoms with Crippen molar-refractivity contribution in [3.63, 3.8) is 0 Å². The van der Waals surface area contributed by atoms with Gasteiger partial charge in [-0.1, -0.05) is 17.3 Å². The second-order valence-corrected chi connectivity index (χ2v) is 6.66. The predicted molar refractivity (Wildman–Crippen MR) is 85.8 cm³/mol. The van der Waals surface area contributed by atoms with Crippen LogP contribution in [0.4, 0.5) is 5.69 Å². The van der Waals surface area contributed by atoms with Crippen molar-refractivity contribution in [2.24, 2.45) is 5.10 Å². The number of aromatic nitrogens is 1. The molecule has 0 atom stereocenters. The molecule has 122 valence electrons. The molecular formula is C14H16N4O4S. The first kappa shape index (κ1) is 16.7. The highest BCUT2D eigenvalue weighted by molar-refractivity contribution is 7.92. The Balaban J connectivity index is 2.04. The summed E-state index contributed by atoms with van der Waals surface area (Å²) >= 11 is 0. The van der Waals surface area contributed by atoms with Gasteiger partial charge < -0.3 is 4.52 Å². The Morgan fingerprint density at radius 2 is 1.91 bits per heavy atom. The smallest absolute Gasteiger partial charge is 0.293 e. The van der Waals surface area contributed by atoms with Gasteiger partial charge in [-0.05, 0) is 31.5 Å². The number of hydrogen-bond donors (Lipinski definition) is 2. The second-order valence-electron chi connectivity index (χ2n) is 4.91. The number of benzene rings is 1. The number of amides is 1. The fraction of sp³-hybridized carbons (Fsp3) is 0.214. The van der Waals surface area contributed by atoms with Crippen molar-refractivity contribution in [1.82, 2.24) is 10.6 Å². The van der Waals surface area contributed by atoms with E-state index in [0.29, 0.717) is 17.2 Å². The van der Waals surface area contributed by atoms with Gasteiger partial charge in [0.15, 0.2) is 5.69 Å². The van der Waals surface area contributed by atoms with Gasteiger partial charge in [0.05, 0.1) is 12.0 Å². The number of carbonyl (C=O) groups excluding carboxylic acids is 1. The Hall–Kier alpha value is -2.68. The summed E-state index contributed by atoms with van der Waals surface area (Å²) in [5, 5.41) is 7.57. The molecule has 0 radical (unpaired) electrons. The molecule has 0 aliphatic heterocycles. The molecule has 1 heterocycles. The number of carbonyl (C=O) groups is 1. The Kier molecular flexibility index (Phi) is 4.80. The number of nitrogens with zero attached hydrogens (tertiary/aromatic N) is 2. The number of hydrazone groups is 1. The van der Waals surface area contributed by atoms with Gasteiger partial charge in [-0.2, -0.15) is 5.10 Å². The largest absolute Gasteiger partial charge is 0.361 e. The third-order valence-electron chi connectivity index (χ3n) is 2.79. The van der Waals surface area contributed by atoms with Crippen LogP contribution in [0.1, 0.15) is 28.7 Å². The minimum atomic E-state index is -3.31. The molecular weight excluding hydrogens is 320 g/mol. The van der Waals surface area contributed by atoms with Crippen LogP contribution in [0.5, 0.6) is 0 Å². The number of rotatable bonds is 5. The Morgan fingerprint density at radius 3 is 2.43 bits per heavy atom. The van der Waals surface area contributed by atoms with Gasteiger partial charge in [0, 0.05) is 11.8 Å². The first-order valence-electron chi connectivity index (χ1n) is 6.61. The van der Waals surface area contributed by atoms with E-state index in [1.54, 1.807) is 38.1 Å². The fourth-order valence-corrected chi connectivity index (χ4v) is 2.29. The summed E-state index contributed by atoms with van der Waals surface area (Å²) in [6.07, 6.45) is 1.08. The van der Waals surface area contributed by atoms with Crippen LogP contribution in [0.3, 0.4) is 0 Å². The Bertz CT molecular complexity index is 838. The lowest BCUT2D eigenvalue weighted by atomic mass is 10.1. The van der Waals surface area contributed by atoms with Crippen LogP contribution < -0.4 is 10.1 Å². The molecule has 2 rings (SSSR count). The second kappa shape index (κ2) is 6.61. The monoisotopic (exact) mass is 336 g/mol. The molecule has 1 aromatic carbocycles. The van der Waals surface area contributed by atoms with Crippen molar-refractivity contribution in [2.45, 2.75) is 13.8 Å². The van der Waals surface area contributed by atoms with Gasteiger partial charge in [-0.25, -0.2) is 13.8 Å². The van der Waals surface area contributed by atoms with Gasteiger partial charge in [0.2, 0.25) is 10.0 Å². The average molecular weight is 336 g/mol. The van der Waals surface area contributed by atoms with Gasteiger partial charge in [0.1, 0.15) is 5.76 Å². The van der Waals surface area contributed by atoms with Crippen LogP contribution in [0.15, 0.2) is 40.0 Å². The molecule has 1 aromatic heterocycles. The molecule has 1 amide bonds. The highest BCUT2D eigenvalue weighted by Crippen LogP contribution is 2.11. The Labute approximate surface area is 133 Å².